The number of hydrogen-bond donors (Lipinski definition) is 1. The number of benzene rings is 2. The lowest BCUT2D eigenvalue weighted by Crippen LogP contribution is -1.93. The molecule has 0 fully saturated rings. The maximum Gasteiger partial charge on any atom is 0.138 e. The van der Waals surface area contributed by atoms with Gasteiger partial charge in [0.2, 0.25) is 0 Å². The van der Waals surface area contributed by atoms with Gasteiger partial charge in [0.15, 0.2) is 0 Å². The van der Waals surface area contributed by atoms with E-state index in [9.17, 15) is 0 Å². The number of nitrogen functional groups attached to an aromatic ring is 1. The molecule has 0 radical (unpaired) electrons. The van der Waals surface area contributed by atoms with Gasteiger partial charge in [-0.1, -0.05) is 17.7 Å². The van der Waals surface area contributed by atoms with Crippen molar-refractivity contribution in [2.24, 2.45) is 0 Å². The number of nitrogens with zero attached hydrogens (tertiary/aromatic N) is 1. The second kappa shape index (κ2) is 5.02. The Balaban J connectivity index is 2.09. The molecule has 0 saturated heterocycles. The Hall–Kier alpha value is -2.26. The summed E-state index contributed by atoms with van der Waals surface area (Å²) in [5, 5.41) is 1.58. The van der Waals surface area contributed by atoms with E-state index in [1.54, 1.807) is 6.20 Å². The minimum atomic E-state index is 0.640. The first kappa shape index (κ1) is 12.8. The molecule has 0 saturated carbocycles. The molecule has 0 aliphatic heterocycles. The SMILES string of the molecule is Cc1cc(Cl)ccc1Oc1ccnc2c(N)cccc12. The van der Waals surface area contributed by atoms with Crippen molar-refractivity contribution in [3.63, 3.8) is 0 Å². The summed E-state index contributed by atoms with van der Waals surface area (Å²) < 4.78 is 5.98. The predicted molar refractivity (Wildman–Crippen MR) is 82.4 cm³/mol. The molecule has 20 heavy (non-hydrogen) atoms. The molecule has 0 spiro atoms. The Morgan fingerprint density at radius 1 is 1.10 bits per heavy atom. The third-order valence-electron chi connectivity index (χ3n) is 3.12. The van der Waals surface area contributed by atoms with Crippen molar-refractivity contribution in [3.8, 4) is 11.5 Å². The van der Waals surface area contributed by atoms with Gasteiger partial charge in [0.25, 0.3) is 0 Å². The van der Waals surface area contributed by atoms with Crippen molar-refractivity contribution in [1.29, 1.82) is 0 Å². The number of nitrogens with two attached hydrogens (primary N) is 1. The third-order valence-corrected chi connectivity index (χ3v) is 3.35. The van der Waals surface area contributed by atoms with Crippen LogP contribution in [0.5, 0.6) is 11.5 Å². The average Bonchev–Trinajstić information content (AvgIpc) is 2.43. The molecule has 0 unspecified atom stereocenters. The van der Waals surface area contributed by atoms with Crippen LogP contribution in [-0.4, -0.2) is 4.98 Å². The van der Waals surface area contributed by atoms with Gasteiger partial charge in [-0.15, -0.1) is 0 Å². The normalized spacial score (nSPS) is 10.7. The Kier molecular flexibility index (Phi) is 3.20. The van der Waals surface area contributed by atoms with Gasteiger partial charge >= 0.3 is 0 Å². The zero-order chi connectivity index (χ0) is 14.1. The second-order valence-corrected chi connectivity index (χ2v) is 5.00. The van der Waals surface area contributed by atoms with Gasteiger partial charge in [-0.2, -0.15) is 0 Å². The molecule has 0 bridgehead atoms. The molecular weight excluding hydrogens is 272 g/mol. The van der Waals surface area contributed by atoms with E-state index in [0.29, 0.717) is 10.7 Å². The first-order chi connectivity index (χ1) is 9.65. The van der Waals surface area contributed by atoms with Crippen molar-refractivity contribution in [2.75, 3.05) is 5.73 Å². The van der Waals surface area contributed by atoms with E-state index >= 15 is 0 Å². The number of hydrogen-bond acceptors (Lipinski definition) is 3. The van der Waals surface area contributed by atoms with Gasteiger partial charge < -0.3 is 10.5 Å². The highest BCUT2D eigenvalue weighted by atomic mass is 35.5. The van der Waals surface area contributed by atoms with E-state index in [2.05, 4.69) is 4.98 Å². The van der Waals surface area contributed by atoms with Crippen LogP contribution in [0.3, 0.4) is 0 Å². The first-order valence-corrected chi connectivity index (χ1v) is 6.60. The van der Waals surface area contributed by atoms with Crippen molar-refractivity contribution < 1.29 is 4.74 Å². The van der Waals surface area contributed by atoms with E-state index in [-0.39, 0.29) is 0 Å². The molecule has 4 heteroatoms. The molecule has 0 aliphatic rings. The Bertz CT molecular complexity index is 787. The summed E-state index contributed by atoms with van der Waals surface area (Å²) in [5.41, 5.74) is 8.30. The summed E-state index contributed by atoms with van der Waals surface area (Å²) >= 11 is 5.95. The van der Waals surface area contributed by atoms with Crippen LogP contribution in [0.25, 0.3) is 10.9 Å². The largest absolute Gasteiger partial charge is 0.456 e. The van der Waals surface area contributed by atoms with Crippen LogP contribution in [-0.2, 0) is 0 Å². The minimum Gasteiger partial charge on any atom is -0.456 e. The maximum absolute atomic E-state index is 5.98. The van der Waals surface area contributed by atoms with Crippen LogP contribution in [0.1, 0.15) is 5.56 Å². The molecular formula is C16H13ClN2O. The van der Waals surface area contributed by atoms with Crippen molar-refractivity contribution in [3.05, 3.63) is 59.2 Å². The topological polar surface area (TPSA) is 48.1 Å². The fraction of sp³-hybridized carbons (Fsp3) is 0.0625. The van der Waals surface area contributed by atoms with Crippen LogP contribution in [0.2, 0.25) is 5.02 Å². The van der Waals surface area contributed by atoms with Crippen molar-refractivity contribution >= 4 is 28.2 Å². The van der Waals surface area contributed by atoms with Crippen LogP contribution in [0, 0.1) is 6.92 Å². The van der Waals surface area contributed by atoms with Gasteiger partial charge in [0.05, 0.1) is 11.2 Å². The molecule has 0 aliphatic carbocycles. The number of aromatic nitrogens is 1. The molecule has 0 amide bonds. The molecule has 3 aromatic rings. The van der Waals surface area contributed by atoms with Crippen LogP contribution < -0.4 is 10.5 Å². The summed E-state index contributed by atoms with van der Waals surface area (Å²) in [6.07, 6.45) is 1.69. The lowest BCUT2D eigenvalue weighted by Gasteiger charge is -2.11. The van der Waals surface area contributed by atoms with Crippen LogP contribution in [0.15, 0.2) is 48.7 Å². The average molecular weight is 285 g/mol. The fourth-order valence-electron chi connectivity index (χ4n) is 2.11. The number of rotatable bonds is 2. The van der Waals surface area contributed by atoms with E-state index < -0.39 is 0 Å². The number of pyridine rings is 1. The van der Waals surface area contributed by atoms with E-state index in [1.165, 1.54) is 0 Å². The molecule has 1 aromatic heterocycles. The van der Waals surface area contributed by atoms with Crippen molar-refractivity contribution in [1.82, 2.24) is 4.98 Å². The third kappa shape index (κ3) is 2.28. The van der Waals surface area contributed by atoms with Gasteiger partial charge in [-0.25, -0.2) is 0 Å². The summed E-state index contributed by atoms with van der Waals surface area (Å²) in [4.78, 5) is 4.29. The fourth-order valence-corrected chi connectivity index (χ4v) is 2.34. The quantitative estimate of drug-likeness (QED) is 0.701. The highest BCUT2D eigenvalue weighted by Gasteiger charge is 2.08. The zero-order valence-corrected chi connectivity index (χ0v) is 11.7. The molecule has 3 nitrogen and oxygen atoms in total. The maximum atomic E-state index is 5.98. The molecule has 1 heterocycles. The van der Waals surface area contributed by atoms with Gasteiger partial charge in [0.1, 0.15) is 11.5 Å². The van der Waals surface area contributed by atoms with E-state index in [0.717, 1.165) is 28.0 Å². The summed E-state index contributed by atoms with van der Waals surface area (Å²) in [6, 6.07) is 13.0. The number of halogens is 1. The zero-order valence-electron chi connectivity index (χ0n) is 10.9. The van der Waals surface area contributed by atoms with Crippen LogP contribution in [0.4, 0.5) is 5.69 Å². The van der Waals surface area contributed by atoms with Crippen molar-refractivity contribution in [2.45, 2.75) is 6.92 Å². The Morgan fingerprint density at radius 3 is 2.75 bits per heavy atom. The van der Waals surface area contributed by atoms with Crippen LogP contribution >= 0.6 is 11.6 Å². The lowest BCUT2D eigenvalue weighted by molar-refractivity contribution is 0.484. The number of ether oxygens (including phenoxy) is 1. The van der Waals surface area contributed by atoms with Gasteiger partial charge in [0, 0.05) is 16.6 Å². The first-order valence-electron chi connectivity index (χ1n) is 6.22. The monoisotopic (exact) mass is 284 g/mol. The second-order valence-electron chi connectivity index (χ2n) is 4.56. The summed E-state index contributed by atoms with van der Waals surface area (Å²) in [7, 11) is 0. The summed E-state index contributed by atoms with van der Waals surface area (Å²) in [5.74, 6) is 1.50. The lowest BCUT2D eigenvalue weighted by atomic mass is 10.1. The van der Waals surface area contributed by atoms with Gasteiger partial charge in [-0.05, 0) is 48.9 Å². The minimum absolute atomic E-state index is 0.640. The predicted octanol–water partition coefficient (Wildman–Crippen LogP) is 4.57. The van der Waals surface area contributed by atoms with Gasteiger partial charge in [-0.3, -0.25) is 4.98 Å². The Labute approximate surface area is 122 Å². The number of aryl methyl sites for hydroxylation is 1. The highest BCUT2D eigenvalue weighted by molar-refractivity contribution is 6.30. The molecule has 100 valence electrons. The smallest absolute Gasteiger partial charge is 0.138 e. The standard InChI is InChI=1S/C16H13ClN2O/c1-10-9-11(17)5-6-14(10)20-15-7-8-19-16-12(15)3-2-4-13(16)18/h2-9H,18H2,1H3. The molecule has 0 atom stereocenters. The molecule has 2 N–H and O–H groups in total. The summed E-state index contributed by atoms with van der Waals surface area (Å²) in [6.45, 7) is 1.96. The van der Waals surface area contributed by atoms with E-state index in [4.69, 9.17) is 22.1 Å². The number of fused-ring (bicyclic) bond motifs is 1. The Morgan fingerprint density at radius 2 is 1.95 bits per heavy atom. The number of anilines is 1. The van der Waals surface area contributed by atoms with E-state index in [1.807, 2.05) is 49.4 Å². The molecule has 3 rings (SSSR count). The molecule has 2 aromatic carbocycles. The number of para-hydroxylation sites is 1. The highest BCUT2D eigenvalue weighted by Crippen LogP contribution is 2.33.